The van der Waals surface area contributed by atoms with Crippen LogP contribution in [0, 0.1) is 11.3 Å². The lowest BCUT2D eigenvalue weighted by Crippen LogP contribution is -2.37. The number of fused-ring (bicyclic) bond motifs is 1. The van der Waals surface area contributed by atoms with Crippen LogP contribution >= 0.6 is 11.6 Å². The second-order valence-corrected chi connectivity index (χ2v) is 10.5. The number of aromatic nitrogens is 2. The summed E-state index contributed by atoms with van der Waals surface area (Å²) in [6, 6.07) is 14.9. The lowest BCUT2D eigenvalue weighted by atomic mass is 10.1. The Morgan fingerprint density at radius 1 is 1.19 bits per heavy atom. The molecule has 4 aromatic rings. The maximum Gasteiger partial charge on any atom is 0.224 e. The number of methoxy groups -OCH3 is 1. The lowest BCUT2D eigenvalue weighted by Gasteiger charge is -2.26. The molecule has 3 heterocycles. The van der Waals surface area contributed by atoms with Crippen LogP contribution in [0.5, 0.6) is 11.5 Å². The zero-order valence-corrected chi connectivity index (χ0v) is 24.9. The monoisotopic (exact) mass is 600 g/mol. The molecule has 11 heteroatoms. The van der Waals surface area contributed by atoms with Crippen molar-refractivity contribution in [3.05, 3.63) is 77.2 Å². The zero-order chi connectivity index (χ0) is 30.2. The van der Waals surface area contributed by atoms with Crippen molar-refractivity contribution < 1.29 is 19.0 Å². The Morgan fingerprint density at radius 3 is 2.72 bits per heavy atom. The van der Waals surface area contributed by atoms with Crippen LogP contribution in [0.15, 0.2) is 61.1 Å². The summed E-state index contributed by atoms with van der Waals surface area (Å²) >= 11 is 6.70. The van der Waals surface area contributed by atoms with Crippen molar-refractivity contribution in [1.82, 2.24) is 14.9 Å². The maximum atomic E-state index is 12.5. The van der Waals surface area contributed by atoms with E-state index < -0.39 is 0 Å². The van der Waals surface area contributed by atoms with E-state index in [0.717, 1.165) is 44.8 Å². The van der Waals surface area contributed by atoms with Crippen LogP contribution in [0.3, 0.4) is 0 Å². The molecule has 0 atom stereocenters. The summed E-state index contributed by atoms with van der Waals surface area (Å²) in [5, 5.41) is 14.3. The van der Waals surface area contributed by atoms with Gasteiger partial charge in [-0.25, -0.2) is 0 Å². The number of carbonyl (C=O) groups is 1. The molecule has 0 radical (unpaired) electrons. The van der Waals surface area contributed by atoms with E-state index in [-0.39, 0.29) is 5.91 Å². The molecule has 1 aliphatic heterocycles. The van der Waals surface area contributed by atoms with E-state index in [1.54, 1.807) is 36.5 Å². The number of nitrogens with zero attached hydrogens (tertiary/aromatic N) is 5. The van der Waals surface area contributed by atoms with Gasteiger partial charge in [-0.3, -0.25) is 19.7 Å². The number of benzene rings is 2. The van der Waals surface area contributed by atoms with Crippen molar-refractivity contribution >= 4 is 45.5 Å². The first-order valence-corrected chi connectivity index (χ1v) is 14.4. The fourth-order valence-corrected chi connectivity index (χ4v) is 5.26. The van der Waals surface area contributed by atoms with Crippen molar-refractivity contribution in [2.24, 2.45) is 0 Å². The number of halogens is 1. The minimum absolute atomic E-state index is 0.149. The van der Waals surface area contributed by atoms with Gasteiger partial charge in [0.15, 0.2) is 11.5 Å². The number of ether oxygens (including phenoxy) is 3. The van der Waals surface area contributed by atoms with E-state index in [1.807, 2.05) is 30.3 Å². The molecule has 1 N–H and O–H groups in total. The third kappa shape index (κ3) is 7.32. The largest absolute Gasteiger partial charge is 0.493 e. The highest BCUT2D eigenvalue weighted by molar-refractivity contribution is 6.34. The summed E-state index contributed by atoms with van der Waals surface area (Å²) in [5.41, 5.74) is 3.66. The molecule has 0 bridgehead atoms. The van der Waals surface area contributed by atoms with Gasteiger partial charge >= 0.3 is 0 Å². The number of pyridine rings is 2. The smallest absolute Gasteiger partial charge is 0.224 e. The first kappa shape index (κ1) is 30.0. The second-order valence-electron chi connectivity index (χ2n) is 10.1. The van der Waals surface area contributed by atoms with Crippen molar-refractivity contribution in [2.75, 3.05) is 56.8 Å². The molecular weight excluding hydrogens is 568 g/mol. The molecule has 0 aliphatic carbocycles. The number of amides is 1. The molecule has 2 aromatic carbocycles. The topological polar surface area (TPSA) is 113 Å². The summed E-state index contributed by atoms with van der Waals surface area (Å²) in [4.78, 5) is 25.1. The average Bonchev–Trinajstić information content (AvgIpc) is 3.03. The quantitative estimate of drug-likeness (QED) is 0.221. The number of carbonyl (C=O) groups excluding carboxylic acids is 1. The molecular formula is C32H33ClN6O4. The lowest BCUT2D eigenvalue weighted by molar-refractivity contribution is -0.116. The van der Waals surface area contributed by atoms with Crippen LogP contribution in [-0.2, 0) is 16.1 Å². The van der Waals surface area contributed by atoms with Gasteiger partial charge in [0.2, 0.25) is 5.91 Å². The molecule has 1 amide bonds. The summed E-state index contributed by atoms with van der Waals surface area (Å²) in [6.45, 7) is 6.72. The Balaban J connectivity index is 1.37. The van der Waals surface area contributed by atoms with Crippen molar-refractivity contribution in [3.63, 3.8) is 0 Å². The molecule has 2 aromatic heterocycles. The first-order valence-electron chi connectivity index (χ1n) is 14.0. The van der Waals surface area contributed by atoms with Crippen molar-refractivity contribution in [3.8, 4) is 17.6 Å². The number of anilines is 3. The van der Waals surface area contributed by atoms with E-state index in [0.29, 0.717) is 63.2 Å². The Kier molecular flexibility index (Phi) is 9.89. The predicted octanol–water partition coefficient (Wildman–Crippen LogP) is 5.56. The third-order valence-electron chi connectivity index (χ3n) is 7.21. The number of hydrogen-bond acceptors (Lipinski definition) is 9. The Morgan fingerprint density at radius 2 is 2.02 bits per heavy atom. The van der Waals surface area contributed by atoms with Crippen LogP contribution in [0.1, 0.15) is 24.5 Å². The van der Waals surface area contributed by atoms with Gasteiger partial charge < -0.3 is 24.4 Å². The minimum Gasteiger partial charge on any atom is -0.493 e. The van der Waals surface area contributed by atoms with Crippen LogP contribution in [0.25, 0.3) is 10.9 Å². The highest BCUT2D eigenvalue weighted by Crippen LogP contribution is 2.38. The molecule has 10 nitrogen and oxygen atoms in total. The second kappa shape index (κ2) is 14.2. The molecule has 222 valence electrons. The van der Waals surface area contributed by atoms with Crippen LogP contribution in [-0.4, -0.2) is 67.3 Å². The van der Waals surface area contributed by atoms with Crippen molar-refractivity contribution in [1.29, 1.82) is 5.26 Å². The van der Waals surface area contributed by atoms with E-state index in [4.69, 9.17) is 25.8 Å². The Labute approximate surface area is 255 Å². The molecule has 1 aliphatic rings. The normalized spacial score (nSPS) is 13.3. The Hall–Kier alpha value is -4.43. The first-order chi connectivity index (χ1) is 21.0. The van der Waals surface area contributed by atoms with Gasteiger partial charge in [0, 0.05) is 62.3 Å². The highest BCUT2D eigenvalue weighted by Gasteiger charge is 2.18. The van der Waals surface area contributed by atoms with Gasteiger partial charge in [-0.2, -0.15) is 5.26 Å². The van der Waals surface area contributed by atoms with Gasteiger partial charge in [-0.15, -0.1) is 0 Å². The summed E-state index contributed by atoms with van der Waals surface area (Å²) in [6.07, 6.45) is 5.80. The number of morpholine rings is 1. The fourth-order valence-electron chi connectivity index (χ4n) is 4.98. The maximum absolute atomic E-state index is 12.5. The van der Waals surface area contributed by atoms with Gasteiger partial charge in [-0.1, -0.05) is 17.7 Å². The van der Waals surface area contributed by atoms with Gasteiger partial charge in [0.1, 0.15) is 6.07 Å². The van der Waals surface area contributed by atoms with Crippen LogP contribution in [0.4, 0.5) is 17.1 Å². The van der Waals surface area contributed by atoms with Crippen molar-refractivity contribution in [2.45, 2.75) is 19.9 Å². The average molecular weight is 601 g/mol. The SMILES string of the molecule is COc1cc2c(Nc3ccc(N(Cc4cccnc4)C(C)=O)c(Cl)c3)c(C#N)cnc2cc1OCCCN1CCOCC1. The zero-order valence-electron chi connectivity index (χ0n) is 24.2. The number of nitriles is 1. The molecule has 5 rings (SSSR count). The van der Waals surface area contributed by atoms with Gasteiger partial charge in [-0.05, 0) is 42.3 Å². The minimum atomic E-state index is -0.149. The molecule has 1 fully saturated rings. The molecule has 0 saturated carbocycles. The predicted molar refractivity (Wildman–Crippen MR) is 166 cm³/mol. The molecule has 0 unspecified atom stereocenters. The number of nitrogens with one attached hydrogen (secondary N) is 1. The third-order valence-corrected chi connectivity index (χ3v) is 7.51. The van der Waals surface area contributed by atoms with Crippen LogP contribution < -0.4 is 19.7 Å². The Bertz CT molecular complexity index is 1620. The number of rotatable bonds is 11. The van der Waals surface area contributed by atoms with Gasteiger partial charge in [0.05, 0.1) is 61.0 Å². The molecule has 43 heavy (non-hydrogen) atoms. The molecule has 1 saturated heterocycles. The van der Waals surface area contributed by atoms with Gasteiger partial charge in [0.25, 0.3) is 0 Å². The van der Waals surface area contributed by atoms with E-state index >= 15 is 0 Å². The van der Waals surface area contributed by atoms with E-state index in [9.17, 15) is 10.1 Å². The summed E-state index contributed by atoms with van der Waals surface area (Å²) in [5.74, 6) is 0.981. The fraction of sp³-hybridized carbons (Fsp3) is 0.312. The van der Waals surface area contributed by atoms with E-state index in [2.05, 4.69) is 26.3 Å². The van der Waals surface area contributed by atoms with Crippen LogP contribution in [0.2, 0.25) is 5.02 Å². The molecule has 0 spiro atoms. The summed E-state index contributed by atoms with van der Waals surface area (Å²) < 4.78 is 17.2. The highest BCUT2D eigenvalue weighted by atomic mass is 35.5. The summed E-state index contributed by atoms with van der Waals surface area (Å²) in [7, 11) is 1.58. The number of hydrogen-bond donors (Lipinski definition) is 1. The standard InChI is InChI=1S/C32H33ClN6O4/c1-22(40)39(21-23-5-3-8-35-19-23)29-7-6-25(15-27(29)33)37-32-24(18-34)20-36-28-17-31(30(41-2)16-26(28)32)43-12-4-9-38-10-13-42-14-11-38/h3,5-8,15-17,19-20H,4,9-14,21H2,1-2H3,(H,36,37). The van der Waals surface area contributed by atoms with E-state index in [1.165, 1.54) is 13.1 Å².